The van der Waals surface area contributed by atoms with Gasteiger partial charge in [-0.3, -0.25) is 13.9 Å². The van der Waals surface area contributed by atoms with Crippen LogP contribution in [0.2, 0.25) is 5.02 Å². The van der Waals surface area contributed by atoms with Crippen molar-refractivity contribution in [3.8, 4) is 11.5 Å². The Hall–Kier alpha value is -3.83. The summed E-state index contributed by atoms with van der Waals surface area (Å²) in [5, 5.41) is 5.11. The molecule has 0 atom stereocenters. The maximum Gasteiger partial charge on any atom is 0.253 e. The number of sulfonamides is 1. The average molecular weight is 564 g/mol. The highest BCUT2D eigenvalue weighted by molar-refractivity contribution is 7.92. The van der Waals surface area contributed by atoms with E-state index in [2.05, 4.69) is 10.6 Å². The third-order valence-corrected chi connectivity index (χ3v) is 6.90. The molecule has 3 aromatic carbocycles. The van der Waals surface area contributed by atoms with Gasteiger partial charge in [-0.25, -0.2) is 12.8 Å². The molecule has 0 saturated heterocycles. The number of hydrogen-bond donors (Lipinski definition) is 2. The van der Waals surface area contributed by atoms with E-state index in [1.807, 2.05) is 12.1 Å². The first-order valence-electron chi connectivity index (χ1n) is 11.3. The zero-order chi connectivity index (χ0) is 27.9. The molecule has 0 bridgehead atoms. The van der Waals surface area contributed by atoms with Crippen LogP contribution in [0.15, 0.2) is 60.7 Å². The second-order valence-electron chi connectivity index (χ2n) is 8.16. The summed E-state index contributed by atoms with van der Waals surface area (Å²) in [6, 6.07) is 15.1. The van der Waals surface area contributed by atoms with Gasteiger partial charge in [-0.15, -0.1) is 0 Å². The van der Waals surface area contributed by atoms with Crippen LogP contribution in [0.3, 0.4) is 0 Å². The van der Waals surface area contributed by atoms with E-state index in [0.29, 0.717) is 24.5 Å². The summed E-state index contributed by atoms with van der Waals surface area (Å²) in [7, 11) is -0.827. The molecule has 0 saturated carbocycles. The number of amides is 2. The Morgan fingerprint density at radius 3 is 2.37 bits per heavy atom. The van der Waals surface area contributed by atoms with Crippen LogP contribution in [0.25, 0.3) is 0 Å². The number of anilines is 2. The second-order valence-corrected chi connectivity index (χ2v) is 10.5. The molecule has 12 heteroatoms. The molecule has 2 amide bonds. The van der Waals surface area contributed by atoms with Gasteiger partial charge in [0.05, 0.1) is 42.4 Å². The molecule has 2 N–H and O–H groups in total. The normalized spacial score (nSPS) is 11.0. The Morgan fingerprint density at radius 1 is 1.00 bits per heavy atom. The summed E-state index contributed by atoms with van der Waals surface area (Å²) < 4.78 is 49.5. The molecule has 0 spiro atoms. The van der Waals surface area contributed by atoms with Crippen LogP contribution in [0.1, 0.15) is 15.9 Å². The van der Waals surface area contributed by atoms with Crippen molar-refractivity contribution in [2.75, 3.05) is 43.2 Å². The van der Waals surface area contributed by atoms with Crippen LogP contribution in [0, 0.1) is 5.82 Å². The Balaban J connectivity index is 1.68. The van der Waals surface area contributed by atoms with E-state index in [-0.39, 0.29) is 22.0 Å². The van der Waals surface area contributed by atoms with Crippen molar-refractivity contribution in [1.82, 2.24) is 5.32 Å². The van der Waals surface area contributed by atoms with Crippen molar-refractivity contribution in [3.63, 3.8) is 0 Å². The number of para-hydroxylation sites is 1. The minimum Gasteiger partial charge on any atom is -0.493 e. The van der Waals surface area contributed by atoms with Gasteiger partial charge >= 0.3 is 0 Å². The standard InChI is InChI=1S/C26H27ClFN3O6S/c1-36-23-11-8-17(14-24(23)37-2)12-13-29-26(33)19-6-4-5-7-22(19)30-25(32)16-31(38(3,34)35)18-9-10-21(28)20(27)15-18/h4-11,14-15H,12-13,16H2,1-3H3,(H,29,33)(H,30,32). The predicted octanol–water partition coefficient (Wildman–Crippen LogP) is 3.87. The number of nitrogens with one attached hydrogen (secondary N) is 2. The van der Waals surface area contributed by atoms with Crippen LogP contribution < -0.4 is 24.4 Å². The van der Waals surface area contributed by atoms with E-state index in [1.54, 1.807) is 32.4 Å². The zero-order valence-electron chi connectivity index (χ0n) is 21.0. The van der Waals surface area contributed by atoms with Crippen molar-refractivity contribution in [2.24, 2.45) is 0 Å². The van der Waals surface area contributed by atoms with Gasteiger partial charge in [0, 0.05) is 6.54 Å². The molecular weight excluding hydrogens is 537 g/mol. The van der Waals surface area contributed by atoms with Crippen LogP contribution in [-0.2, 0) is 21.2 Å². The topological polar surface area (TPSA) is 114 Å². The maximum absolute atomic E-state index is 13.6. The number of hydrogen-bond acceptors (Lipinski definition) is 6. The van der Waals surface area contributed by atoms with Gasteiger partial charge < -0.3 is 20.1 Å². The lowest BCUT2D eigenvalue weighted by Crippen LogP contribution is -2.37. The largest absolute Gasteiger partial charge is 0.493 e. The van der Waals surface area contributed by atoms with Crippen molar-refractivity contribution in [2.45, 2.75) is 6.42 Å². The molecule has 0 aliphatic carbocycles. The molecular formula is C26H27ClFN3O6S. The Labute approximate surface area is 225 Å². The highest BCUT2D eigenvalue weighted by atomic mass is 35.5. The van der Waals surface area contributed by atoms with E-state index in [0.717, 1.165) is 28.3 Å². The molecule has 3 aromatic rings. The van der Waals surface area contributed by atoms with E-state index >= 15 is 0 Å². The SMILES string of the molecule is COc1ccc(CCNC(=O)c2ccccc2NC(=O)CN(c2ccc(F)c(Cl)c2)S(C)(=O)=O)cc1OC. The Bertz CT molecular complexity index is 1430. The molecule has 0 radical (unpaired) electrons. The quantitative estimate of drug-likeness (QED) is 0.366. The first kappa shape index (κ1) is 28.7. The average Bonchev–Trinajstić information content (AvgIpc) is 2.88. The van der Waals surface area contributed by atoms with Gasteiger partial charge in [-0.1, -0.05) is 29.8 Å². The molecule has 38 heavy (non-hydrogen) atoms. The number of carbonyl (C=O) groups is 2. The summed E-state index contributed by atoms with van der Waals surface area (Å²) in [6.45, 7) is -0.306. The lowest BCUT2D eigenvalue weighted by molar-refractivity contribution is -0.114. The lowest BCUT2D eigenvalue weighted by Gasteiger charge is -2.22. The molecule has 0 aliphatic rings. The van der Waals surface area contributed by atoms with Gasteiger partial charge in [0.15, 0.2) is 11.5 Å². The summed E-state index contributed by atoms with van der Waals surface area (Å²) in [5.74, 6) is -0.676. The summed E-state index contributed by atoms with van der Waals surface area (Å²) >= 11 is 5.79. The smallest absolute Gasteiger partial charge is 0.253 e. The molecule has 202 valence electrons. The molecule has 0 unspecified atom stereocenters. The van der Waals surface area contributed by atoms with E-state index in [4.69, 9.17) is 21.1 Å². The van der Waals surface area contributed by atoms with Crippen molar-refractivity contribution < 1.29 is 31.9 Å². The minimum absolute atomic E-state index is 0.0234. The molecule has 0 heterocycles. The van der Waals surface area contributed by atoms with Crippen LogP contribution in [-0.4, -0.2) is 53.8 Å². The Morgan fingerprint density at radius 2 is 1.71 bits per heavy atom. The van der Waals surface area contributed by atoms with E-state index in [9.17, 15) is 22.4 Å². The highest BCUT2D eigenvalue weighted by Gasteiger charge is 2.23. The van der Waals surface area contributed by atoms with Crippen molar-refractivity contribution in [3.05, 3.63) is 82.6 Å². The van der Waals surface area contributed by atoms with Crippen LogP contribution in [0.4, 0.5) is 15.8 Å². The maximum atomic E-state index is 13.6. The van der Waals surface area contributed by atoms with E-state index < -0.39 is 34.2 Å². The first-order chi connectivity index (χ1) is 18.0. The molecule has 0 fully saturated rings. The minimum atomic E-state index is -3.91. The number of benzene rings is 3. The van der Waals surface area contributed by atoms with Crippen LogP contribution in [0.5, 0.6) is 11.5 Å². The molecule has 0 aromatic heterocycles. The third kappa shape index (κ3) is 7.36. The fraction of sp³-hybridized carbons (Fsp3) is 0.231. The van der Waals surface area contributed by atoms with Gasteiger partial charge in [-0.2, -0.15) is 0 Å². The van der Waals surface area contributed by atoms with Gasteiger partial charge in [0.1, 0.15) is 12.4 Å². The summed E-state index contributed by atoms with van der Waals surface area (Å²) in [4.78, 5) is 25.7. The monoisotopic (exact) mass is 563 g/mol. The Kier molecular flexibility index (Phi) is 9.54. The van der Waals surface area contributed by atoms with Crippen molar-refractivity contribution in [1.29, 1.82) is 0 Å². The first-order valence-corrected chi connectivity index (χ1v) is 13.6. The predicted molar refractivity (Wildman–Crippen MR) is 144 cm³/mol. The van der Waals surface area contributed by atoms with Crippen molar-refractivity contribution >= 4 is 44.8 Å². The number of carbonyl (C=O) groups excluding carboxylic acids is 2. The summed E-state index contributed by atoms with van der Waals surface area (Å²) in [5.41, 5.74) is 1.34. The fourth-order valence-electron chi connectivity index (χ4n) is 3.60. The fourth-order valence-corrected chi connectivity index (χ4v) is 4.63. The number of nitrogens with zero attached hydrogens (tertiary/aromatic N) is 1. The van der Waals surface area contributed by atoms with Crippen LogP contribution >= 0.6 is 11.6 Å². The summed E-state index contributed by atoms with van der Waals surface area (Å²) in [6.07, 6.45) is 1.43. The van der Waals surface area contributed by atoms with Gasteiger partial charge in [0.25, 0.3) is 5.91 Å². The number of methoxy groups -OCH3 is 2. The van der Waals surface area contributed by atoms with Gasteiger partial charge in [0.2, 0.25) is 15.9 Å². The molecule has 3 rings (SSSR count). The number of ether oxygens (including phenoxy) is 2. The van der Waals surface area contributed by atoms with Gasteiger partial charge in [-0.05, 0) is 54.4 Å². The highest BCUT2D eigenvalue weighted by Crippen LogP contribution is 2.28. The zero-order valence-corrected chi connectivity index (χ0v) is 22.5. The number of halogens is 2. The third-order valence-electron chi connectivity index (χ3n) is 5.47. The second kappa shape index (κ2) is 12.6. The molecule has 9 nitrogen and oxygen atoms in total. The molecule has 0 aliphatic heterocycles. The number of rotatable bonds is 11. The van der Waals surface area contributed by atoms with E-state index in [1.165, 1.54) is 18.2 Å². The lowest BCUT2D eigenvalue weighted by atomic mass is 10.1.